The molecule has 8 rings (SSSR count). The van der Waals surface area contributed by atoms with Crippen LogP contribution >= 0.6 is 12.6 Å². The van der Waals surface area contributed by atoms with Gasteiger partial charge in [-0.25, -0.2) is 0 Å². The van der Waals surface area contributed by atoms with E-state index >= 15 is 0 Å². The molecule has 8 amide bonds. The molecule has 0 radical (unpaired) electrons. The molecule has 11 N–H and O–H groups in total. The molecule has 0 spiro atoms. The highest BCUT2D eigenvalue weighted by atomic mass is 32.1. The van der Waals surface area contributed by atoms with Crippen LogP contribution in [-0.2, 0) is 44.8 Å². The predicted octanol–water partition coefficient (Wildman–Crippen LogP) is 8.90. The normalized spacial score (nSPS) is 27.1. The van der Waals surface area contributed by atoms with Crippen LogP contribution in [0.25, 0.3) is 0 Å². The number of hydrogen-bond acceptors (Lipinski definition) is 15. The van der Waals surface area contributed by atoms with Crippen molar-refractivity contribution < 1.29 is 38.4 Å². The standard InChI is InChI=1S/C19H28N2O2S.2C11H22N2O.C10H20N2O.C9H18N2O.C9H16N2O.C8H16N2O/c1-4-21-18(23)15(11-8-12-19(21,2)3)20-17(22)16(24)13-14-9-6-5-7-10-14;2*1-5-13-10(14)9(12-4)7-6-8-11(13,2)3;1-4-12-9(13)8(11)6-5-7-10(12,2)3;2*1-9(2)6-4-5-7(10-3)8(12)11-9;1-8(2)5-3-4-6(9)7(11)10-8/h5-7,9-10,15-16,24H,4,8,11-13H2,1-3H3,(H,20,22);2*9,12H,5-8H2,1-4H3;8H,4-7,11H2,1-3H3;7,10H,4-6H2,1-3H3,(H,11,12);7H,3-6H2,1-2H3,(H,11,12);6H,3-5,9H2,1-2H3,(H,10,11)/t15-,16-;2*9-;8-;2*7-;6-/m0000000/s1. The summed E-state index contributed by atoms with van der Waals surface area (Å²) in [6.45, 7) is 43.9. The first-order chi connectivity index (χ1) is 46.5. The van der Waals surface area contributed by atoms with Crippen LogP contribution in [0.4, 0.5) is 0 Å². The van der Waals surface area contributed by atoms with E-state index in [0.717, 1.165) is 154 Å². The van der Waals surface area contributed by atoms with Crippen molar-refractivity contribution in [2.75, 3.05) is 47.3 Å². The Balaban J connectivity index is 0.000000404. The van der Waals surface area contributed by atoms with Gasteiger partial charge in [-0.1, -0.05) is 30.3 Å². The molecule has 574 valence electrons. The number of thiol groups is 1. The van der Waals surface area contributed by atoms with Gasteiger partial charge >= 0.3 is 0 Å². The number of benzene rings is 1. The van der Waals surface area contributed by atoms with E-state index < -0.39 is 11.3 Å². The lowest BCUT2D eigenvalue weighted by molar-refractivity contribution is -0.140. The molecule has 0 unspecified atom stereocenters. The first-order valence-electron chi connectivity index (χ1n) is 37.7. The highest BCUT2D eigenvalue weighted by Crippen LogP contribution is 2.31. The predicted molar refractivity (Wildman–Crippen MR) is 412 cm³/mol. The van der Waals surface area contributed by atoms with Gasteiger partial charge in [0.2, 0.25) is 47.3 Å². The molecule has 7 aliphatic rings. The Labute approximate surface area is 610 Å². The number of aliphatic imine (C=N–C) groups is 1. The summed E-state index contributed by atoms with van der Waals surface area (Å²) in [5.41, 5.74) is 12.1. The Morgan fingerprint density at radius 2 is 0.790 bits per heavy atom. The Hall–Kier alpha value is -5.20. The van der Waals surface area contributed by atoms with Gasteiger partial charge in [0.1, 0.15) is 12.1 Å². The van der Waals surface area contributed by atoms with Crippen molar-refractivity contribution in [3.05, 3.63) is 35.9 Å². The molecule has 7 heterocycles. The van der Waals surface area contributed by atoms with Crippen LogP contribution < -0.4 is 48.7 Å². The van der Waals surface area contributed by atoms with Crippen molar-refractivity contribution in [1.29, 1.82) is 0 Å². The van der Waals surface area contributed by atoms with E-state index in [4.69, 9.17) is 11.5 Å². The molecular weight excluding hydrogens is 1280 g/mol. The lowest BCUT2D eigenvalue weighted by atomic mass is 9.97. The van der Waals surface area contributed by atoms with Crippen LogP contribution in [0.3, 0.4) is 0 Å². The van der Waals surface area contributed by atoms with E-state index in [-0.39, 0.29) is 122 Å². The van der Waals surface area contributed by atoms with Crippen molar-refractivity contribution in [3.8, 4) is 0 Å². The number of rotatable bonds is 12. The SMILES string of the molecule is C=N[C@H]1CCCC(C)(C)NC1=O.CC1(C)CCC[C@H](N)C(=O)N1.CCN1C(=O)[C@@H](N)CCCC1(C)C.CCN1C(=O)[C@@H](NC(=O)[C@@H](S)Cc2ccccc2)CCCC1(C)C.CCN1C(=O)[C@@H](NC)CCCC1(C)C.CCN1C(=O)[C@@H](NC)CCCC1(C)C.CN[C@H]1CCCC(C)(C)NC1=O. The second-order valence-corrected chi connectivity index (χ2v) is 33.3. The van der Waals surface area contributed by atoms with Crippen LogP contribution in [0.5, 0.6) is 0 Å². The van der Waals surface area contributed by atoms with Crippen LogP contribution in [0.15, 0.2) is 35.3 Å². The number of carbonyl (C=O) groups excluding carboxylic acids is 8. The van der Waals surface area contributed by atoms with Gasteiger partial charge in [-0.3, -0.25) is 43.3 Å². The van der Waals surface area contributed by atoms with Gasteiger partial charge in [0, 0.05) is 65.0 Å². The molecule has 22 nitrogen and oxygen atoms in total. The summed E-state index contributed by atoms with van der Waals surface area (Å²) in [5.74, 6) is 0.643. The van der Waals surface area contributed by atoms with Gasteiger partial charge in [-0.05, 0) is 299 Å². The molecule has 1 aromatic rings. The Bertz CT molecular complexity index is 2680. The molecular formula is C77H142N14O8S. The van der Waals surface area contributed by atoms with E-state index in [1.54, 1.807) is 0 Å². The summed E-state index contributed by atoms with van der Waals surface area (Å²) in [4.78, 5) is 107. The van der Waals surface area contributed by atoms with E-state index in [0.29, 0.717) is 19.4 Å². The molecule has 23 heteroatoms. The topological polar surface area (TPSA) is 298 Å². The van der Waals surface area contributed by atoms with Crippen molar-refractivity contribution in [2.45, 2.75) is 352 Å². The number of carbonyl (C=O) groups is 8. The van der Waals surface area contributed by atoms with E-state index in [1.807, 2.05) is 113 Å². The maximum atomic E-state index is 12.8. The van der Waals surface area contributed by atoms with Gasteiger partial charge in [-0.2, -0.15) is 12.6 Å². The lowest BCUT2D eigenvalue weighted by Crippen LogP contribution is -2.54. The molecule has 7 fully saturated rings. The third kappa shape index (κ3) is 29.5. The maximum absolute atomic E-state index is 12.8. The number of nitrogens with one attached hydrogen (secondary N) is 7. The molecule has 0 aromatic heterocycles. The minimum absolute atomic E-state index is 0.00627. The van der Waals surface area contributed by atoms with E-state index in [2.05, 4.69) is 145 Å². The highest BCUT2D eigenvalue weighted by molar-refractivity contribution is 7.81. The molecule has 7 aliphatic heterocycles. The molecule has 0 bridgehead atoms. The molecule has 8 atom stereocenters. The number of likely N-dealkylation sites (N-methyl/N-ethyl adjacent to an activating group) is 7. The summed E-state index contributed by atoms with van der Waals surface area (Å²) >= 11 is 4.44. The second-order valence-electron chi connectivity index (χ2n) is 32.6. The quantitative estimate of drug-likeness (QED) is 0.0692. The van der Waals surface area contributed by atoms with Crippen LogP contribution in [0.1, 0.15) is 265 Å². The lowest BCUT2D eigenvalue weighted by Gasteiger charge is -2.37. The zero-order chi connectivity index (χ0) is 76.2. The zero-order valence-electron chi connectivity index (χ0n) is 66.2. The van der Waals surface area contributed by atoms with Gasteiger partial charge in [0.15, 0.2) is 0 Å². The summed E-state index contributed by atoms with van der Waals surface area (Å²) in [5, 5.41) is 20.6. The zero-order valence-corrected chi connectivity index (χ0v) is 67.1. The molecule has 1 aromatic carbocycles. The Morgan fingerprint density at radius 3 is 1.19 bits per heavy atom. The molecule has 100 heavy (non-hydrogen) atoms. The fourth-order valence-electron chi connectivity index (χ4n) is 14.7. The summed E-state index contributed by atoms with van der Waals surface area (Å²) in [6.07, 6.45) is 21.3. The minimum atomic E-state index is -0.452. The molecule has 0 saturated carbocycles. The van der Waals surface area contributed by atoms with Gasteiger partial charge in [-0.15, -0.1) is 0 Å². The fourth-order valence-corrected chi connectivity index (χ4v) is 15.0. The summed E-state index contributed by atoms with van der Waals surface area (Å²) in [7, 11) is 5.58. The summed E-state index contributed by atoms with van der Waals surface area (Å²) in [6, 6.07) is 8.62. The van der Waals surface area contributed by atoms with Crippen LogP contribution in [-0.4, -0.2) is 207 Å². The van der Waals surface area contributed by atoms with Crippen molar-refractivity contribution >= 4 is 66.6 Å². The fraction of sp³-hybridized carbons (Fsp3) is 0.805. The number of nitrogens with two attached hydrogens (primary N) is 2. The Kier molecular flexibility index (Phi) is 38.1. The van der Waals surface area contributed by atoms with Crippen molar-refractivity contribution in [3.63, 3.8) is 0 Å². The largest absolute Gasteiger partial charge is 0.350 e. The third-order valence-electron chi connectivity index (χ3n) is 21.0. The first kappa shape index (κ1) is 90.9. The van der Waals surface area contributed by atoms with Gasteiger partial charge in [0.05, 0.1) is 35.5 Å². The smallest absolute Gasteiger partial charge is 0.245 e. The van der Waals surface area contributed by atoms with Crippen LogP contribution in [0, 0.1) is 0 Å². The molecule has 0 aliphatic carbocycles. The monoisotopic (exact) mass is 1420 g/mol. The number of nitrogens with zero attached hydrogens (tertiary/aromatic N) is 5. The van der Waals surface area contributed by atoms with E-state index in [1.165, 1.54) is 0 Å². The average molecular weight is 1420 g/mol. The van der Waals surface area contributed by atoms with E-state index in [9.17, 15) is 38.4 Å². The van der Waals surface area contributed by atoms with Gasteiger partial charge in [0.25, 0.3) is 0 Å². The average Bonchev–Trinajstić information content (AvgIpc) is 1.65. The number of likely N-dealkylation sites (tertiary alicyclic amines) is 4. The first-order valence-corrected chi connectivity index (χ1v) is 38.3. The highest BCUT2D eigenvalue weighted by Gasteiger charge is 2.41. The van der Waals surface area contributed by atoms with Crippen molar-refractivity contribution in [1.82, 2.24) is 56.8 Å². The maximum Gasteiger partial charge on any atom is 0.245 e. The Morgan fingerprint density at radius 1 is 0.470 bits per heavy atom. The summed E-state index contributed by atoms with van der Waals surface area (Å²) < 4.78 is 0. The van der Waals surface area contributed by atoms with Gasteiger partial charge < -0.3 is 68.3 Å². The molecule has 7 saturated heterocycles. The second kappa shape index (κ2) is 41.9. The third-order valence-corrected chi connectivity index (χ3v) is 21.4. The van der Waals surface area contributed by atoms with Crippen molar-refractivity contribution in [2.24, 2.45) is 16.5 Å². The van der Waals surface area contributed by atoms with Crippen LogP contribution in [0.2, 0.25) is 0 Å². The number of amides is 8. The number of hydrogen-bond donors (Lipinski definition) is 10. The minimum Gasteiger partial charge on any atom is -0.350 e.